The number of aryl methyl sites for hydroxylation is 1. The highest BCUT2D eigenvalue weighted by Crippen LogP contribution is 2.31. The lowest BCUT2D eigenvalue weighted by Gasteiger charge is -2.30. The molecule has 8 nitrogen and oxygen atoms in total. The Balaban J connectivity index is 1.97. The Kier molecular flexibility index (Phi) is 6.36. The minimum Gasteiger partial charge on any atom is -0.493 e. The molecule has 2 N–H and O–H groups in total. The van der Waals surface area contributed by atoms with Gasteiger partial charge in [0.05, 0.1) is 12.8 Å². The SMILES string of the molecule is COc1cc(/C=C2\C(=O)NC(=S)N(c3ccccc3C)C2=O)ccc1O[C@H](C)C(=O)O. The van der Waals surface area contributed by atoms with Crippen molar-refractivity contribution >= 4 is 46.9 Å². The Morgan fingerprint density at radius 1 is 1.19 bits per heavy atom. The van der Waals surface area contributed by atoms with Crippen molar-refractivity contribution in [1.29, 1.82) is 0 Å². The van der Waals surface area contributed by atoms with Crippen molar-refractivity contribution in [3.63, 3.8) is 0 Å². The Morgan fingerprint density at radius 3 is 2.55 bits per heavy atom. The summed E-state index contributed by atoms with van der Waals surface area (Å²) in [6.07, 6.45) is 0.338. The van der Waals surface area contributed by atoms with Crippen LogP contribution in [0.5, 0.6) is 11.5 Å². The number of hydrogen-bond acceptors (Lipinski definition) is 6. The molecule has 1 aliphatic rings. The standard InChI is InChI=1S/C22H20N2O6S/c1-12-6-4-5-7-16(12)24-20(26)15(19(25)23-22(24)31)10-14-8-9-17(18(11-14)29-3)30-13(2)21(27)28/h4-11,13H,1-3H3,(H,27,28)(H,23,25,31)/b15-10+/t13-/m1/s1. The van der Waals surface area contributed by atoms with Crippen LogP contribution >= 0.6 is 12.2 Å². The largest absolute Gasteiger partial charge is 0.493 e. The predicted octanol–water partition coefficient (Wildman–Crippen LogP) is 2.69. The number of carboxylic acid groups (broad SMARTS) is 1. The van der Waals surface area contributed by atoms with Crippen molar-refractivity contribution < 1.29 is 29.0 Å². The second-order valence-corrected chi connectivity index (χ2v) is 7.14. The number of ether oxygens (including phenoxy) is 2. The van der Waals surface area contributed by atoms with E-state index in [1.54, 1.807) is 24.3 Å². The first-order valence-corrected chi connectivity index (χ1v) is 9.68. The number of para-hydroxylation sites is 1. The van der Waals surface area contributed by atoms with Gasteiger partial charge >= 0.3 is 5.97 Å². The molecule has 1 atom stereocenters. The van der Waals surface area contributed by atoms with E-state index < -0.39 is 23.9 Å². The first-order chi connectivity index (χ1) is 14.7. The first kappa shape index (κ1) is 22.0. The highest BCUT2D eigenvalue weighted by molar-refractivity contribution is 7.80. The second kappa shape index (κ2) is 8.97. The fourth-order valence-electron chi connectivity index (χ4n) is 2.97. The highest BCUT2D eigenvalue weighted by Gasteiger charge is 2.35. The summed E-state index contributed by atoms with van der Waals surface area (Å²) < 4.78 is 10.6. The molecule has 1 fully saturated rings. The van der Waals surface area contributed by atoms with Crippen molar-refractivity contribution in [3.8, 4) is 11.5 Å². The minimum absolute atomic E-state index is 0.00503. The number of nitrogens with one attached hydrogen (secondary N) is 1. The maximum atomic E-state index is 13.1. The molecule has 1 aliphatic heterocycles. The lowest BCUT2D eigenvalue weighted by molar-refractivity contribution is -0.144. The van der Waals surface area contributed by atoms with Gasteiger partial charge in [-0.05, 0) is 61.5 Å². The zero-order chi connectivity index (χ0) is 22.7. The molecule has 0 aliphatic carbocycles. The van der Waals surface area contributed by atoms with Crippen LogP contribution in [0.3, 0.4) is 0 Å². The smallest absolute Gasteiger partial charge is 0.344 e. The fourth-order valence-corrected chi connectivity index (χ4v) is 3.24. The van der Waals surface area contributed by atoms with E-state index in [-0.39, 0.29) is 22.2 Å². The molecule has 2 aromatic rings. The molecule has 1 heterocycles. The van der Waals surface area contributed by atoms with E-state index in [9.17, 15) is 14.4 Å². The number of carbonyl (C=O) groups excluding carboxylic acids is 2. The summed E-state index contributed by atoms with van der Waals surface area (Å²) in [4.78, 5) is 37.9. The number of aliphatic carboxylic acids is 1. The van der Waals surface area contributed by atoms with Gasteiger partial charge < -0.3 is 14.6 Å². The third kappa shape index (κ3) is 4.56. The van der Waals surface area contributed by atoms with Crippen LogP contribution < -0.4 is 19.7 Å². The van der Waals surface area contributed by atoms with Crippen molar-refractivity contribution in [2.75, 3.05) is 12.0 Å². The molecular weight excluding hydrogens is 420 g/mol. The van der Waals surface area contributed by atoms with Gasteiger partial charge in [-0.1, -0.05) is 24.3 Å². The van der Waals surface area contributed by atoms with Crippen LogP contribution in [0.25, 0.3) is 6.08 Å². The zero-order valence-corrected chi connectivity index (χ0v) is 17.9. The average Bonchev–Trinajstić information content (AvgIpc) is 2.73. The molecule has 0 aromatic heterocycles. The first-order valence-electron chi connectivity index (χ1n) is 9.27. The topological polar surface area (TPSA) is 105 Å². The molecule has 9 heteroatoms. The molecular formula is C22H20N2O6S. The summed E-state index contributed by atoms with van der Waals surface area (Å²) >= 11 is 5.22. The molecule has 1 saturated heterocycles. The molecule has 0 bridgehead atoms. The lowest BCUT2D eigenvalue weighted by Crippen LogP contribution is -2.54. The van der Waals surface area contributed by atoms with Crippen LogP contribution in [-0.2, 0) is 14.4 Å². The average molecular weight is 440 g/mol. The van der Waals surface area contributed by atoms with Gasteiger partial charge in [0.1, 0.15) is 5.57 Å². The minimum atomic E-state index is -1.12. The van der Waals surface area contributed by atoms with Gasteiger partial charge in [0.15, 0.2) is 22.7 Å². The van der Waals surface area contributed by atoms with E-state index in [0.29, 0.717) is 11.3 Å². The van der Waals surface area contributed by atoms with E-state index in [1.165, 1.54) is 31.1 Å². The van der Waals surface area contributed by atoms with E-state index >= 15 is 0 Å². The number of hydrogen-bond donors (Lipinski definition) is 2. The Labute approximate surface area is 184 Å². The van der Waals surface area contributed by atoms with E-state index in [1.807, 2.05) is 19.1 Å². The van der Waals surface area contributed by atoms with Gasteiger partial charge in [0, 0.05) is 0 Å². The summed E-state index contributed by atoms with van der Waals surface area (Å²) in [7, 11) is 1.40. The summed E-state index contributed by atoms with van der Waals surface area (Å²) in [5.74, 6) is -1.80. The maximum Gasteiger partial charge on any atom is 0.344 e. The predicted molar refractivity (Wildman–Crippen MR) is 118 cm³/mol. The van der Waals surface area contributed by atoms with E-state index in [0.717, 1.165) is 5.56 Å². The van der Waals surface area contributed by atoms with Gasteiger partial charge in [0.2, 0.25) is 0 Å². The molecule has 3 rings (SSSR count). The van der Waals surface area contributed by atoms with Crippen LogP contribution in [0.1, 0.15) is 18.1 Å². The molecule has 2 amide bonds. The van der Waals surface area contributed by atoms with Crippen LogP contribution in [-0.4, -0.2) is 41.2 Å². The highest BCUT2D eigenvalue weighted by atomic mass is 32.1. The third-order valence-electron chi connectivity index (χ3n) is 4.61. The number of rotatable bonds is 6. The van der Waals surface area contributed by atoms with Gasteiger partial charge in [0.25, 0.3) is 11.8 Å². The number of anilines is 1. The molecule has 0 unspecified atom stereocenters. The number of nitrogens with zero attached hydrogens (tertiary/aromatic N) is 1. The number of thiocarbonyl (C=S) groups is 1. The number of benzene rings is 2. The molecule has 0 saturated carbocycles. The van der Waals surface area contributed by atoms with Gasteiger partial charge in [-0.25, -0.2) is 4.79 Å². The van der Waals surface area contributed by atoms with Crippen molar-refractivity contribution in [1.82, 2.24) is 5.32 Å². The van der Waals surface area contributed by atoms with Crippen molar-refractivity contribution in [3.05, 3.63) is 59.2 Å². The van der Waals surface area contributed by atoms with Crippen LogP contribution in [0, 0.1) is 6.92 Å². The van der Waals surface area contributed by atoms with Crippen LogP contribution in [0.2, 0.25) is 0 Å². The lowest BCUT2D eigenvalue weighted by atomic mass is 10.1. The second-order valence-electron chi connectivity index (χ2n) is 6.75. The quantitative estimate of drug-likeness (QED) is 0.404. The maximum absolute atomic E-state index is 13.1. The fraction of sp³-hybridized carbons (Fsp3) is 0.182. The van der Waals surface area contributed by atoms with Gasteiger partial charge in [-0.2, -0.15) is 0 Å². The molecule has 0 radical (unpaired) electrons. The normalized spacial score (nSPS) is 16.2. The zero-order valence-electron chi connectivity index (χ0n) is 17.0. The van der Waals surface area contributed by atoms with Crippen molar-refractivity contribution in [2.24, 2.45) is 0 Å². The monoisotopic (exact) mass is 440 g/mol. The van der Waals surface area contributed by atoms with Crippen LogP contribution in [0.15, 0.2) is 48.0 Å². The summed E-state index contributed by atoms with van der Waals surface area (Å²) in [5.41, 5.74) is 1.78. The summed E-state index contributed by atoms with van der Waals surface area (Å²) in [6, 6.07) is 11.8. The number of carboxylic acids is 1. The number of amides is 2. The summed E-state index contributed by atoms with van der Waals surface area (Å²) in [5, 5.41) is 11.6. The summed E-state index contributed by atoms with van der Waals surface area (Å²) in [6.45, 7) is 3.23. The third-order valence-corrected chi connectivity index (χ3v) is 4.89. The number of carbonyl (C=O) groups is 3. The molecule has 31 heavy (non-hydrogen) atoms. The van der Waals surface area contributed by atoms with E-state index in [2.05, 4.69) is 5.32 Å². The van der Waals surface area contributed by atoms with Crippen molar-refractivity contribution in [2.45, 2.75) is 20.0 Å². The Morgan fingerprint density at radius 2 is 1.90 bits per heavy atom. The Bertz CT molecular complexity index is 1110. The molecule has 160 valence electrons. The van der Waals surface area contributed by atoms with Crippen LogP contribution in [0.4, 0.5) is 5.69 Å². The Hall–Kier alpha value is -3.72. The van der Waals surface area contributed by atoms with Gasteiger partial charge in [-0.15, -0.1) is 0 Å². The molecule has 2 aromatic carbocycles. The van der Waals surface area contributed by atoms with Gasteiger partial charge in [-0.3, -0.25) is 19.8 Å². The van der Waals surface area contributed by atoms with E-state index in [4.69, 9.17) is 26.8 Å². The number of methoxy groups -OCH3 is 1. The molecule has 0 spiro atoms.